The largest absolute Gasteiger partial charge is 0.400 e. The standard InChI is InChI=1S/C17H22N6O3/c1-10-2-3-14(13(19)4-5-18)23(9-10)17(26)16(25)22-12-6-11(15(20)24)7-21-8-12/h4-8,10,14,18H,2-3,9,19H2,1H3,(H2,20,24)(H,22,25)/t10-,14+/m1/s1. The summed E-state index contributed by atoms with van der Waals surface area (Å²) in [6, 6.07) is 0.918. The zero-order chi connectivity index (χ0) is 19.3. The van der Waals surface area contributed by atoms with Crippen molar-refractivity contribution in [1.82, 2.24) is 9.88 Å². The molecule has 1 aliphatic rings. The molecular weight excluding hydrogens is 336 g/mol. The first-order valence-corrected chi connectivity index (χ1v) is 8.16. The van der Waals surface area contributed by atoms with Crippen LogP contribution in [0.3, 0.4) is 0 Å². The number of hydrogen-bond donors (Lipinski definition) is 4. The van der Waals surface area contributed by atoms with Crippen molar-refractivity contribution in [3.63, 3.8) is 0 Å². The van der Waals surface area contributed by atoms with E-state index in [1.165, 1.54) is 29.4 Å². The van der Waals surface area contributed by atoms with Gasteiger partial charge in [0, 0.05) is 24.7 Å². The molecular formula is C17H22N6O3. The van der Waals surface area contributed by atoms with Crippen LogP contribution in [0.15, 0.2) is 30.2 Å². The van der Waals surface area contributed by atoms with E-state index in [4.69, 9.17) is 16.9 Å². The van der Waals surface area contributed by atoms with E-state index in [1.54, 1.807) is 0 Å². The molecule has 6 N–H and O–H groups in total. The number of rotatable bonds is 4. The molecule has 1 fully saturated rings. The van der Waals surface area contributed by atoms with Gasteiger partial charge in [-0.3, -0.25) is 19.4 Å². The van der Waals surface area contributed by atoms with Gasteiger partial charge >= 0.3 is 11.8 Å². The summed E-state index contributed by atoms with van der Waals surface area (Å²) in [5.41, 5.74) is 11.8. The van der Waals surface area contributed by atoms with E-state index in [2.05, 4.69) is 10.3 Å². The number of piperidine rings is 1. The Morgan fingerprint density at radius 1 is 1.31 bits per heavy atom. The number of pyridine rings is 1. The normalized spacial score (nSPS) is 20.3. The number of amides is 3. The highest BCUT2D eigenvalue weighted by atomic mass is 16.2. The fraction of sp³-hybridized carbons (Fsp3) is 0.353. The number of hydrogen-bond acceptors (Lipinski definition) is 6. The Morgan fingerprint density at radius 2 is 2.04 bits per heavy atom. The van der Waals surface area contributed by atoms with Crippen LogP contribution in [0.4, 0.5) is 5.69 Å². The van der Waals surface area contributed by atoms with E-state index >= 15 is 0 Å². The topological polar surface area (TPSA) is 155 Å². The molecule has 0 aromatic carbocycles. The van der Waals surface area contributed by atoms with Crippen LogP contribution in [0.1, 0.15) is 30.1 Å². The smallest absolute Gasteiger partial charge is 0.313 e. The van der Waals surface area contributed by atoms with E-state index in [9.17, 15) is 14.4 Å². The monoisotopic (exact) mass is 358 g/mol. The molecule has 1 aliphatic heterocycles. The van der Waals surface area contributed by atoms with Gasteiger partial charge in [0.2, 0.25) is 5.91 Å². The van der Waals surface area contributed by atoms with Gasteiger partial charge in [0.1, 0.15) is 0 Å². The van der Waals surface area contributed by atoms with Crippen molar-refractivity contribution in [2.45, 2.75) is 25.8 Å². The fourth-order valence-electron chi connectivity index (χ4n) is 2.89. The molecule has 0 bridgehead atoms. The number of carbonyl (C=O) groups excluding carboxylic acids is 3. The van der Waals surface area contributed by atoms with Gasteiger partial charge in [0.05, 0.1) is 23.5 Å². The second-order valence-electron chi connectivity index (χ2n) is 6.27. The first-order valence-electron chi connectivity index (χ1n) is 8.16. The predicted molar refractivity (Wildman–Crippen MR) is 96.3 cm³/mol. The highest BCUT2D eigenvalue weighted by Crippen LogP contribution is 2.25. The number of allylic oxidation sites excluding steroid dienone is 1. The summed E-state index contributed by atoms with van der Waals surface area (Å²) in [5, 5.41) is 9.58. The zero-order valence-electron chi connectivity index (χ0n) is 14.4. The summed E-state index contributed by atoms with van der Waals surface area (Å²) < 4.78 is 0. The predicted octanol–water partition coefficient (Wildman–Crippen LogP) is 0.238. The van der Waals surface area contributed by atoms with Crippen molar-refractivity contribution >= 4 is 29.6 Å². The minimum Gasteiger partial charge on any atom is -0.400 e. The van der Waals surface area contributed by atoms with E-state index in [1.807, 2.05) is 6.92 Å². The minimum atomic E-state index is -0.852. The molecule has 26 heavy (non-hydrogen) atoms. The second-order valence-corrected chi connectivity index (χ2v) is 6.27. The summed E-state index contributed by atoms with van der Waals surface area (Å²) in [5.74, 6) is -2.03. The molecule has 1 aromatic heterocycles. The number of likely N-dealkylation sites (tertiary alicyclic amines) is 1. The van der Waals surface area contributed by atoms with Crippen molar-refractivity contribution in [2.24, 2.45) is 17.4 Å². The second kappa shape index (κ2) is 8.24. The van der Waals surface area contributed by atoms with Gasteiger partial charge in [-0.25, -0.2) is 0 Å². The summed E-state index contributed by atoms with van der Waals surface area (Å²) in [6.45, 7) is 2.38. The molecule has 3 amide bonds. The number of primary amides is 1. The van der Waals surface area contributed by atoms with E-state index in [0.717, 1.165) is 12.6 Å². The molecule has 2 heterocycles. The lowest BCUT2D eigenvalue weighted by atomic mass is 9.92. The summed E-state index contributed by atoms with van der Waals surface area (Å²) in [7, 11) is 0. The molecule has 2 atom stereocenters. The molecule has 0 saturated carbocycles. The molecule has 2 rings (SSSR count). The Balaban J connectivity index is 2.17. The lowest BCUT2D eigenvalue weighted by molar-refractivity contribution is -0.145. The van der Waals surface area contributed by atoms with Crippen LogP contribution >= 0.6 is 0 Å². The van der Waals surface area contributed by atoms with Crippen LogP contribution in [0.25, 0.3) is 0 Å². The molecule has 138 valence electrons. The van der Waals surface area contributed by atoms with Gasteiger partial charge in [-0.2, -0.15) is 0 Å². The first kappa shape index (κ1) is 19.1. The minimum absolute atomic E-state index is 0.123. The average Bonchev–Trinajstić information content (AvgIpc) is 2.61. The van der Waals surface area contributed by atoms with Crippen molar-refractivity contribution in [2.75, 3.05) is 11.9 Å². The van der Waals surface area contributed by atoms with Crippen LogP contribution in [0, 0.1) is 11.3 Å². The quantitative estimate of drug-likeness (QED) is 0.448. The van der Waals surface area contributed by atoms with E-state index < -0.39 is 23.8 Å². The third kappa shape index (κ3) is 4.44. The number of aromatic nitrogens is 1. The molecule has 0 unspecified atom stereocenters. The number of nitrogens with two attached hydrogens (primary N) is 2. The van der Waals surface area contributed by atoms with Gasteiger partial charge in [-0.1, -0.05) is 6.92 Å². The van der Waals surface area contributed by atoms with Crippen LogP contribution in [0.5, 0.6) is 0 Å². The number of nitrogens with zero attached hydrogens (tertiary/aromatic N) is 2. The number of carbonyl (C=O) groups is 3. The maximum atomic E-state index is 12.6. The van der Waals surface area contributed by atoms with Crippen LogP contribution in [-0.4, -0.2) is 46.4 Å². The highest BCUT2D eigenvalue weighted by Gasteiger charge is 2.34. The third-order valence-corrected chi connectivity index (χ3v) is 4.21. The number of nitrogens with one attached hydrogen (secondary N) is 2. The molecule has 1 saturated heterocycles. The zero-order valence-corrected chi connectivity index (χ0v) is 14.4. The third-order valence-electron chi connectivity index (χ3n) is 4.21. The van der Waals surface area contributed by atoms with Crippen LogP contribution in [-0.2, 0) is 9.59 Å². The van der Waals surface area contributed by atoms with Crippen LogP contribution < -0.4 is 16.8 Å². The Morgan fingerprint density at radius 3 is 2.69 bits per heavy atom. The van der Waals surface area contributed by atoms with Crippen LogP contribution in [0.2, 0.25) is 0 Å². The van der Waals surface area contributed by atoms with Crippen molar-refractivity contribution < 1.29 is 14.4 Å². The SMILES string of the molecule is C[C@@H]1CC[C@@H](C(N)=CC=N)N(C(=O)C(=O)Nc2cncc(C(N)=O)c2)C1. The van der Waals surface area contributed by atoms with E-state index in [0.29, 0.717) is 18.7 Å². The lowest BCUT2D eigenvalue weighted by Crippen LogP contribution is -2.52. The molecule has 0 radical (unpaired) electrons. The first-order chi connectivity index (χ1) is 12.3. The van der Waals surface area contributed by atoms with Gasteiger partial charge in [0.15, 0.2) is 0 Å². The number of anilines is 1. The van der Waals surface area contributed by atoms with E-state index in [-0.39, 0.29) is 17.2 Å². The van der Waals surface area contributed by atoms with Crippen molar-refractivity contribution in [3.8, 4) is 0 Å². The van der Waals surface area contributed by atoms with Gasteiger partial charge in [0.25, 0.3) is 0 Å². The van der Waals surface area contributed by atoms with Gasteiger partial charge in [-0.15, -0.1) is 0 Å². The Hall–Kier alpha value is -3.23. The maximum Gasteiger partial charge on any atom is 0.313 e. The Labute approximate surface area is 150 Å². The van der Waals surface area contributed by atoms with Gasteiger partial charge < -0.3 is 27.1 Å². The summed E-state index contributed by atoms with van der Waals surface area (Å²) >= 11 is 0. The Kier molecular flexibility index (Phi) is 6.05. The maximum absolute atomic E-state index is 12.6. The Bertz CT molecular complexity index is 761. The summed E-state index contributed by atoms with van der Waals surface area (Å²) in [6.07, 6.45) is 6.54. The van der Waals surface area contributed by atoms with Crippen molar-refractivity contribution in [3.05, 3.63) is 35.8 Å². The lowest BCUT2D eigenvalue weighted by Gasteiger charge is -2.38. The molecule has 9 heteroatoms. The molecule has 0 spiro atoms. The fourth-order valence-corrected chi connectivity index (χ4v) is 2.89. The average molecular weight is 358 g/mol. The molecule has 9 nitrogen and oxygen atoms in total. The van der Waals surface area contributed by atoms with Crippen molar-refractivity contribution in [1.29, 1.82) is 5.41 Å². The molecule has 1 aromatic rings. The highest BCUT2D eigenvalue weighted by molar-refractivity contribution is 6.39. The summed E-state index contributed by atoms with van der Waals surface area (Å²) in [4.78, 5) is 41.5. The van der Waals surface area contributed by atoms with Gasteiger partial charge in [-0.05, 0) is 30.9 Å². The molecule has 0 aliphatic carbocycles.